The molecule has 0 aromatic heterocycles. The van der Waals surface area contributed by atoms with E-state index in [1.165, 1.54) is 0 Å². The van der Waals surface area contributed by atoms with E-state index >= 15 is 0 Å². The van der Waals surface area contributed by atoms with Gasteiger partial charge in [0.15, 0.2) is 5.96 Å². The van der Waals surface area contributed by atoms with Crippen LogP contribution in [-0.4, -0.2) is 51.1 Å². The molecule has 0 amide bonds. The normalized spacial score (nSPS) is 15.9. The summed E-state index contributed by atoms with van der Waals surface area (Å²) in [5.74, 6) is 2.37. The largest absolute Gasteiger partial charge is 0.488 e. The number of aliphatic imine (C=N–C) groups is 1. The minimum Gasteiger partial charge on any atom is -0.488 e. The molecule has 2 N–H and O–H groups in total. The van der Waals surface area contributed by atoms with Crippen LogP contribution in [0.5, 0.6) is 5.75 Å². The first kappa shape index (κ1) is 23.5. The van der Waals surface area contributed by atoms with Gasteiger partial charge in [0.2, 0.25) is 0 Å². The van der Waals surface area contributed by atoms with Gasteiger partial charge in [-0.1, -0.05) is 18.2 Å². The molecular formula is C23H39N3O3. The number of ether oxygens (including phenoxy) is 3. The Bertz CT molecular complexity index is 608. The minimum absolute atomic E-state index is 0.229. The average molecular weight is 406 g/mol. The standard InChI is InChI=1S/C23H39N3O3/c1-5-24-22(25-13-8-14-28-18-19-11-15-27-16-12-19)26-17-20-9-6-7-10-21(20)29-23(2,3)4/h6-7,9-10,19H,5,8,11-18H2,1-4H3,(H2,24,25,26). The molecule has 29 heavy (non-hydrogen) atoms. The molecule has 0 saturated carbocycles. The average Bonchev–Trinajstić information content (AvgIpc) is 2.69. The van der Waals surface area contributed by atoms with Crippen molar-refractivity contribution < 1.29 is 14.2 Å². The molecular weight excluding hydrogens is 366 g/mol. The number of benzene rings is 1. The van der Waals surface area contributed by atoms with E-state index in [9.17, 15) is 0 Å². The Labute approximate surface area is 176 Å². The highest BCUT2D eigenvalue weighted by molar-refractivity contribution is 5.79. The fourth-order valence-corrected chi connectivity index (χ4v) is 3.11. The Hall–Kier alpha value is -1.79. The van der Waals surface area contributed by atoms with Crippen LogP contribution in [0.2, 0.25) is 0 Å². The number of para-hydroxylation sites is 1. The second-order valence-corrected chi connectivity index (χ2v) is 8.43. The van der Waals surface area contributed by atoms with Crippen molar-refractivity contribution in [2.45, 2.75) is 59.1 Å². The molecule has 1 saturated heterocycles. The van der Waals surface area contributed by atoms with Gasteiger partial charge >= 0.3 is 0 Å². The molecule has 164 valence electrons. The van der Waals surface area contributed by atoms with Crippen LogP contribution in [-0.2, 0) is 16.0 Å². The van der Waals surface area contributed by atoms with Crippen LogP contribution in [0.25, 0.3) is 0 Å². The summed E-state index contributed by atoms with van der Waals surface area (Å²) in [6.07, 6.45) is 3.20. The molecule has 1 fully saturated rings. The Kier molecular flexibility index (Phi) is 10.3. The summed E-state index contributed by atoms with van der Waals surface area (Å²) >= 11 is 0. The van der Waals surface area contributed by atoms with Gasteiger partial charge in [-0.3, -0.25) is 0 Å². The molecule has 1 aromatic rings. The number of hydrogen-bond acceptors (Lipinski definition) is 4. The molecule has 6 heteroatoms. The van der Waals surface area contributed by atoms with Crippen molar-refractivity contribution in [3.8, 4) is 5.75 Å². The summed E-state index contributed by atoms with van der Waals surface area (Å²) < 4.78 is 17.3. The van der Waals surface area contributed by atoms with Crippen molar-refractivity contribution in [3.63, 3.8) is 0 Å². The first-order chi connectivity index (χ1) is 14.0. The van der Waals surface area contributed by atoms with Crippen LogP contribution in [0.3, 0.4) is 0 Å². The number of nitrogens with zero attached hydrogens (tertiary/aromatic N) is 1. The molecule has 0 unspecified atom stereocenters. The SMILES string of the molecule is CCNC(=NCc1ccccc1OC(C)(C)C)NCCCOCC1CCOCC1. The maximum absolute atomic E-state index is 6.07. The Morgan fingerprint density at radius 1 is 1.17 bits per heavy atom. The summed E-state index contributed by atoms with van der Waals surface area (Å²) in [7, 11) is 0. The van der Waals surface area contributed by atoms with Crippen LogP contribution in [0, 0.1) is 5.92 Å². The van der Waals surface area contributed by atoms with Crippen molar-refractivity contribution in [2.75, 3.05) is 39.5 Å². The van der Waals surface area contributed by atoms with E-state index in [4.69, 9.17) is 19.2 Å². The van der Waals surface area contributed by atoms with Crippen molar-refractivity contribution in [1.29, 1.82) is 0 Å². The Morgan fingerprint density at radius 3 is 2.66 bits per heavy atom. The quantitative estimate of drug-likeness (QED) is 0.353. The van der Waals surface area contributed by atoms with Crippen molar-refractivity contribution in [2.24, 2.45) is 10.9 Å². The predicted octanol–water partition coefficient (Wildman–Crippen LogP) is 3.75. The van der Waals surface area contributed by atoms with E-state index in [1.807, 2.05) is 18.2 Å². The number of guanidine groups is 1. The van der Waals surface area contributed by atoms with E-state index in [0.717, 1.165) is 76.1 Å². The first-order valence-electron chi connectivity index (χ1n) is 10.9. The maximum atomic E-state index is 6.07. The molecule has 0 aliphatic carbocycles. The zero-order chi connectivity index (χ0) is 21.0. The summed E-state index contributed by atoms with van der Waals surface area (Å²) in [6, 6.07) is 8.10. The third kappa shape index (κ3) is 9.99. The molecule has 1 aliphatic heterocycles. The summed E-state index contributed by atoms with van der Waals surface area (Å²) in [4.78, 5) is 4.73. The van der Waals surface area contributed by atoms with Crippen molar-refractivity contribution >= 4 is 5.96 Å². The first-order valence-corrected chi connectivity index (χ1v) is 10.9. The monoisotopic (exact) mass is 405 g/mol. The number of nitrogens with one attached hydrogen (secondary N) is 2. The number of rotatable bonds is 10. The molecule has 1 aromatic carbocycles. The second-order valence-electron chi connectivity index (χ2n) is 8.43. The molecule has 0 spiro atoms. The lowest BCUT2D eigenvalue weighted by Gasteiger charge is -2.23. The maximum Gasteiger partial charge on any atom is 0.191 e. The van der Waals surface area contributed by atoms with Gasteiger partial charge < -0.3 is 24.8 Å². The summed E-state index contributed by atoms with van der Waals surface area (Å²) in [5, 5.41) is 6.70. The zero-order valence-electron chi connectivity index (χ0n) is 18.6. The fourth-order valence-electron chi connectivity index (χ4n) is 3.11. The van der Waals surface area contributed by atoms with Crippen LogP contribution in [0.15, 0.2) is 29.3 Å². The van der Waals surface area contributed by atoms with Gasteiger partial charge in [-0.05, 0) is 58.9 Å². The van der Waals surface area contributed by atoms with Gasteiger partial charge in [-0.25, -0.2) is 4.99 Å². The molecule has 2 rings (SSSR count). The smallest absolute Gasteiger partial charge is 0.191 e. The van der Waals surface area contributed by atoms with E-state index < -0.39 is 0 Å². The lowest BCUT2D eigenvalue weighted by atomic mass is 10.0. The Balaban J connectivity index is 1.75. The summed E-state index contributed by atoms with van der Waals surface area (Å²) in [5.41, 5.74) is 0.854. The lowest BCUT2D eigenvalue weighted by molar-refractivity contribution is 0.0203. The van der Waals surface area contributed by atoms with Gasteiger partial charge in [-0.2, -0.15) is 0 Å². The second kappa shape index (κ2) is 12.7. The van der Waals surface area contributed by atoms with Crippen LogP contribution < -0.4 is 15.4 Å². The lowest BCUT2D eigenvalue weighted by Crippen LogP contribution is -2.38. The molecule has 6 nitrogen and oxygen atoms in total. The predicted molar refractivity (Wildman–Crippen MR) is 119 cm³/mol. The minimum atomic E-state index is -0.229. The highest BCUT2D eigenvalue weighted by Crippen LogP contribution is 2.23. The van der Waals surface area contributed by atoms with Crippen LogP contribution in [0.1, 0.15) is 52.5 Å². The van der Waals surface area contributed by atoms with E-state index in [1.54, 1.807) is 0 Å². The number of hydrogen-bond donors (Lipinski definition) is 2. The van der Waals surface area contributed by atoms with E-state index in [2.05, 4.69) is 44.4 Å². The van der Waals surface area contributed by atoms with Gasteiger partial charge in [0.05, 0.1) is 6.54 Å². The van der Waals surface area contributed by atoms with Crippen LogP contribution >= 0.6 is 0 Å². The third-order valence-electron chi connectivity index (χ3n) is 4.59. The molecule has 1 aliphatic rings. The molecule has 0 radical (unpaired) electrons. The fraction of sp³-hybridized carbons (Fsp3) is 0.696. The molecule has 0 atom stereocenters. The van der Waals surface area contributed by atoms with Crippen molar-refractivity contribution in [1.82, 2.24) is 10.6 Å². The highest BCUT2D eigenvalue weighted by Gasteiger charge is 2.15. The van der Waals surface area contributed by atoms with Gasteiger partial charge in [0.1, 0.15) is 11.4 Å². The van der Waals surface area contributed by atoms with Gasteiger partial charge in [0.25, 0.3) is 0 Å². The highest BCUT2D eigenvalue weighted by atomic mass is 16.5. The van der Waals surface area contributed by atoms with E-state index in [-0.39, 0.29) is 5.60 Å². The zero-order valence-corrected chi connectivity index (χ0v) is 18.6. The Morgan fingerprint density at radius 2 is 1.93 bits per heavy atom. The van der Waals surface area contributed by atoms with Gasteiger partial charge in [-0.15, -0.1) is 0 Å². The van der Waals surface area contributed by atoms with Gasteiger partial charge in [0, 0.05) is 45.1 Å². The molecule has 1 heterocycles. The summed E-state index contributed by atoms with van der Waals surface area (Å²) in [6.45, 7) is 13.9. The molecule has 0 bridgehead atoms. The van der Waals surface area contributed by atoms with E-state index in [0.29, 0.717) is 12.5 Å². The third-order valence-corrected chi connectivity index (χ3v) is 4.59. The topological polar surface area (TPSA) is 64.1 Å². The van der Waals surface area contributed by atoms with Crippen molar-refractivity contribution in [3.05, 3.63) is 29.8 Å². The van der Waals surface area contributed by atoms with Crippen LogP contribution in [0.4, 0.5) is 0 Å².